The van der Waals surface area contributed by atoms with E-state index in [1.165, 1.54) is 19.1 Å². The quantitative estimate of drug-likeness (QED) is 0.689. The molecule has 0 bridgehead atoms. The zero-order valence-corrected chi connectivity index (χ0v) is 10.9. The Bertz CT molecular complexity index is 689. The van der Waals surface area contributed by atoms with Crippen molar-refractivity contribution in [3.63, 3.8) is 0 Å². The maximum atomic E-state index is 13.5. The SMILES string of the molecule is C[C@@H](O)c1cc(F)ccc1Oc1ccc([N+](=O)[O-])c(F)c1. The van der Waals surface area contributed by atoms with Crippen LogP contribution < -0.4 is 4.74 Å². The van der Waals surface area contributed by atoms with Crippen LogP contribution in [0.25, 0.3) is 0 Å². The summed E-state index contributed by atoms with van der Waals surface area (Å²) in [6.45, 7) is 1.43. The summed E-state index contributed by atoms with van der Waals surface area (Å²) in [6, 6.07) is 6.56. The Morgan fingerprint density at radius 2 is 1.95 bits per heavy atom. The van der Waals surface area contributed by atoms with Crippen molar-refractivity contribution in [2.24, 2.45) is 0 Å². The molecule has 0 spiro atoms. The van der Waals surface area contributed by atoms with Crippen LogP contribution >= 0.6 is 0 Å². The first-order valence-electron chi connectivity index (χ1n) is 5.98. The zero-order valence-electron chi connectivity index (χ0n) is 10.9. The average Bonchev–Trinajstić information content (AvgIpc) is 2.40. The number of aliphatic hydroxyl groups excluding tert-OH is 1. The zero-order chi connectivity index (χ0) is 15.6. The molecule has 5 nitrogen and oxygen atoms in total. The van der Waals surface area contributed by atoms with E-state index in [4.69, 9.17) is 4.74 Å². The van der Waals surface area contributed by atoms with Crippen LogP contribution in [-0.4, -0.2) is 10.0 Å². The highest BCUT2D eigenvalue weighted by atomic mass is 19.1. The number of hydrogen-bond acceptors (Lipinski definition) is 4. The van der Waals surface area contributed by atoms with Gasteiger partial charge in [0.1, 0.15) is 17.3 Å². The van der Waals surface area contributed by atoms with Gasteiger partial charge >= 0.3 is 5.69 Å². The first-order valence-corrected chi connectivity index (χ1v) is 5.98. The van der Waals surface area contributed by atoms with E-state index in [0.717, 1.165) is 24.3 Å². The maximum absolute atomic E-state index is 13.5. The number of rotatable bonds is 4. The van der Waals surface area contributed by atoms with Crippen LogP contribution in [0.4, 0.5) is 14.5 Å². The third-order valence-electron chi connectivity index (χ3n) is 2.77. The summed E-state index contributed by atoms with van der Waals surface area (Å²) in [4.78, 5) is 9.67. The van der Waals surface area contributed by atoms with Gasteiger partial charge in [0.25, 0.3) is 0 Å². The van der Waals surface area contributed by atoms with Gasteiger partial charge in [-0.2, -0.15) is 4.39 Å². The number of ether oxygens (including phenoxy) is 1. The Morgan fingerprint density at radius 1 is 1.24 bits per heavy atom. The van der Waals surface area contributed by atoms with Gasteiger partial charge in [0, 0.05) is 17.7 Å². The van der Waals surface area contributed by atoms with Crippen LogP contribution in [0.1, 0.15) is 18.6 Å². The standard InChI is InChI=1S/C14H11F2NO4/c1-8(18)11-6-9(15)2-5-14(11)21-10-3-4-13(17(19)20)12(16)7-10/h2-8,18H,1H3/t8-/m1/s1. The van der Waals surface area contributed by atoms with E-state index >= 15 is 0 Å². The summed E-state index contributed by atoms with van der Waals surface area (Å²) < 4.78 is 32.0. The Labute approximate surface area is 118 Å². The lowest BCUT2D eigenvalue weighted by molar-refractivity contribution is -0.387. The molecule has 0 aromatic heterocycles. The van der Waals surface area contributed by atoms with Crippen molar-refractivity contribution in [2.45, 2.75) is 13.0 Å². The van der Waals surface area contributed by atoms with Gasteiger partial charge in [0.2, 0.25) is 5.82 Å². The maximum Gasteiger partial charge on any atom is 0.305 e. The Hall–Kier alpha value is -2.54. The van der Waals surface area contributed by atoms with Crippen molar-refractivity contribution in [3.8, 4) is 11.5 Å². The number of benzene rings is 2. The van der Waals surface area contributed by atoms with Crippen molar-refractivity contribution in [3.05, 3.63) is 63.7 Å². The van der Waals surface area contributed by atoms with Gasteiger partial charge in [0.05, 0.1) is 11.0 Å². The molecule has 2 aromatic rings. The van der Waals surface area contributed by atoms with Gasteiger partial charge in [-0.05, 0) is 31.2 Å². The van der Waals surface area contributed by atoms with Crippen LogP contribution in [-0.2, 0) is 0 Å². The molecule has 0 heterocycles. The molecule has 0 radical (unpaired) electrons. The second-order valence-electron chi connectivity index (χ2n) is 4.33. The molecule has 0 aliphatic heterocycles. The lowest BCUT2D eigenvalue weighted by Crippen LogP contribution is -1.98. The largest absolute Gasteiger partial charge is 0.457 e. The fourth-order valence-electron chi connectivity index (χ4n) is 1.76. The number of aliphatic hydroxyl groups is 1. The first-order chi connectivity index (χ1) is 9.88. The monoisotopic (exact) mass is 295 g/mol. The number of nitro benzene ring substituents is 1. The molecule has 2 rings (SSSR count). The van der Waals surface area contributed by atoms with Gasteiger partial charge in [-0.15, -0.1) is 0 Å². The molecule has 0 saturated carbocycles. The molecule has 0 aliphatic rings. The Balaban J connectivity index is 2.34. The van der Waals surface area contributed by atoms with Crippen molar-refractivity contribution in [2.75, 3.05) is 0 Å². The molecule has 21 heavy (non-hydrogen) atoms. The predicted molar refractivity (Wildman–Crippen MR) is 70.2 cm³/mol. The number of halogens is 2. The van der Waals surface area contributed by atoms with Gasteiger partial charge < -0.3 is 9.84 Å². The molecule has 1 N–H and O–H groups in total. The summed E-state index contributed by atoms with van der Waals surface area (Å²) in [6.07, 6.45) is -0.987. The summed E-state index contributed by atoms with van der Waals surface area (Å²) >= 11 is 0. The topological polar surface area (TPSA) is 72.6 Å². The fourth-order valence-corrected chi connectivity index (χ4v) is 1.76. The van der Waals surface area contributed by atoms with E-state index in [9.17, 15) is 24.0 Å². The van der Waals surface area contributed by atoms with Crippen molar-refractivity contribution in [1.29, 1.82) is 0 Å². The minimum Gasteiger partial charge on any atom is -0.457 e. The smallest absolute Gasteiger partial charge is 0.305 e. The highest BCUT2D eigenvalue weighted by Gasteiger charge is 2.16. The van der Waals surface area contributed by atoms with Crippen LogP contribution in [0.5, 0.6) is 11.5 Å². The van der Waals surface area contributed by atoms with E-state index in [1.54, 1.807) is 0 Å². The molecule has 1 atom stereocenters. The minimum absolute atomic E-state index is 0.00612. The number of hydrogen-bond donors (Lipinski definition) is 1. The molecule has 110 valence electrons. The van der Waals surface area contributed by atoms with E-state index in [-0.39, 0.29) is 17.1 Å². The normalized spacial score (nSPS) is 12.0. The average molecular weight is 295 g/mol. The first kappa shape index (κ1) is 14.9. The molecular weight excluding hydrogens is 284 g/mol. The van der Waals surface area contributed by atoms with E-state index in [1.807, 2.05) is 0 Å². The lowest BCUT2D eigenvalue weighted by Gasteiger charge is -2.13. The molecule has 0 aliphatic carbocycles. The van der Waals surface area contributed by atoms with Gasteiger partial charge in [-0.3, -0.25) is 10.1 Å². The van der Waals surface area contributed by atoms with Crippen LogP contribution in [0.15, 0.2) is 36.4 Å². The van der Waals surface area contributed by atoms with E-state index in [2.05, 4.69) is 0 Å². The highest BCUT2D eigenvalue weighted by Crippen LogP contribution is 2.32. The van der Waals surface area contributed by atoms with Crippen molar-refractivity contribution >= 4 is 5.69 Å². The Kier molecular flexibility index (Phi) is 4.13. The van der Waals surface area contributed by atoms with Crippen LogP contribution in [0, 0.1) is 21.7 Å². The van der Waals surface area contributed by atoms with Gasteiger partial charge in [-0.25, -0.2) is 4.39 Å². The fraction of sp³-hybridized carbons (Fsp3) is 0.143. The van der Waals surface area contributed by atoms with E-state index in [0.29, 0.717) is 0 Å². The molecule has 2 aromatic carbocycles. The molecule has 0 fully saturated rings. The molecule has 0 amide bonds. The van der Waals surface area contributed by atoms with Crippen molar-refractivity contribution < 1.29 is 23.5 Å². The van der Waals surface area contributed by atoms with E-state index < -0.39 is 28.3 Å². The molecule has 0 unspecified atom stereocenters. The summed E-state index contributed by atoms with van der Waals surface area (Å²) in [5, 5.41) is 20.1. The predicted octanol–water partition coefficient (Wildman–Crippen LogP) is 3.72. The third-order valence-corrected chi connectivity index (χ3v) is 2.77. The summed E-state index contributed by atoms with van der Waals surface area (Å²) in [5.41, 5.74) is -0.481. The van der Waals surface area contributed by atoms with Gasteiger partial charge in [-0.1, -0.05) is 0 Å². The van der Waals surface area contributed by atoms with Crippen LogP contribution in [0.3, 0.4) is 0 Å². The molecular formula is C14H11F2NO4. The minimum atomic E-state index is -1.04. The van der Waals surface area contributed by atoms with Gasteiger partial charge in [0.15, 0.2) is 0 Å². The lowest BCUT2D eigenvalue weighted by atomic mass is 10.1. The number of nitro groups is 1. The molecule has 7 heteroatoms. The highest BCUT2D eigenvalue weighted by molar-refractivity contribution is 5.43. The second kappa shape index (κ2) is 5.84. The summed E-state index contributed by atoms with van der Waals surface area (Å²) in [5.74, 6) is -1.45. The second-order valence-corrected chi connectivity index (χ2v) is 4.33. The molecule has 0 saturated heterocycles. The Morgan fingerprint density at radius 3 is 2.52 bits per heavy atom. The number of nitrogens with zero attached hydrogens (tertiary/aromatic N) is 1. The third kappa shape index (κ3) is 3.32. The van der Waals surface area contributed by atoms with Crippen LogP contribution in [0.2, 0.25) is 0 Å². The summed E-state index contributed by atoms with van der Waals surface area (Å²) in [7, 11) is 0. The van der Waals surface area contributed by atoms with Crippen molar-refractivity contribution in [1.82, 2.24) is 0 Å².